The number of nitrogens with one attached hydrogen (secondary N) is 2. The molecule has 0 aliphatic carbocycles. The summed E-state index contributed by atoms with van der Waals surface area (Å²) in [6.07, 6.45) is -1.38. The molecular weight excluding hydrogens is 946 g/mol. The first-order chi connectivity index (χ1) is 30.5. The van der Waals surface area contributed by atoms with Crippen molar-refractivity contribution in [2.45, 2.75) is 132 Å². The number of aliphatic hydroxyl groups is 1. The summed E-state index contributed by atoms with van der Waals surface area (Å²) in [6, 6.07) is 15.2. The van der Waals surface area contributed by atoms with Crippen LogP contribution in [0.2, 0.25) is 0 Å². The Morgan fingerprint density at radius 2 is 0.881 bits per heavy atom. The van der Waals surface area contributed by atoms with Gasteiger partial charge in [0.1, 0.15) is 54.0 Å². The number of halogens is 6. The Bertz CT molecular complexity index is 1860. The number of aliphatic hydroxyl groups excluding tert-OH is 1. The standard InChI is InChI=1S/C17H24FNO4.C12H16FNO2.C10H19NO4.C7H7FO.CH2Cl2.ClH/c1-11(2)14(19-16(21)23-17(3,4)5)15(20)22-10-12-6-8-13(18)9-7-12;1-8(2)11(14)12(15)16-7-9-3-5-10(13)6-4-9;1-6(2)7(8(12)13)11-9(14)15-10(3,4)5;8-7-3-1-6(5-9)2-4-7;2-1-3;/h6-9,11,14H,10H2,1-5H3,(H,19,21);3-6,8,11H,7,14H2,1-2H3;6-7H,1-5H3,(H,11,14)(H,12,13);1-4,9H,5H2;1H2;1H/t14-;11-;7-;;;/m000.../s1. The topological polar surface area (TPSA) is 214 Å². The Balaban J connectivity index is -0.000000827. The molecule has 0 saturated heterocycles. The highest BCUT2D eigenvalue weighted by atomic mass is 35.5. The van der Waals surface area contributed by atoms with Gasteiger partial charge in [-0.15, -0.1) is 23.2 Å². The molecule has 380 valence electrons. The monoisotopic (exact) mass is 1010 g/mol. The number of ether oxygens (including phenoxy) is 4. The lowest BCUT2D eigenvalue weighted by atomic mass is 10.1. The van der Waals surface area contributed by atoms with Crippen LogP contribution in [-0.4, -0.2) is 75.0 Å². The van der Waals surface area contributed by atoms with Crippen molar-refractivity contribution >= 4 is 53.3 Å². The lowest BCUT2D eigenvalue weighted by Crippen LogP contribution is -3.00. The van der Waals surface area contributed by atoms with Gasteiger partial charge in [0.05, 0.1) is 11.9 Å². The first-order valence-electron chi connectivity index (χ1n) is 20.8. The third-order valence-electron chi connectivity index (χ3n) is 7.99. The van der Waals surface area contributed by atoms with E-state index in [0.29, 0.717) is 5.56 Å². The van der Waals surface area contributed by atoms with Crippen LogP contribution in [0, 0.1) is 35.2 Å². The zero-order valence-corrected chi connectivity index (χ0v) is 42.5. The van der Waals surface area contributed by atoms with Gasteiger partial charge in [0.15, 0.2) is 6.04 Å². The van der Waals surface area contributed by atoms with E-state index in [1.165, 1.54) is 48.5 Å². The number of benzene rings is 3. The number of quaternary nitrogens is 1. The van der Waals surface area contributed by atoms with Gasteiger partial charge >= 0.3 is 30.1 Å². The first kappa shape index (κ1) is 66.5. The predicted octanol–water partition coefficient (Wildman–Crippen LogP) is 5.92. The van der Waals surface area contributed by atoms with E-state index in [-0.39, 0.29) is 84.8 Å². The molecule has 0 unspecified atom stereocenters. The second-order valence-corrected chi connectivity index (χ2v) is 18.1. The number of aliphatic carboxylic acids is 1. The molecule has 3 rings (SSSR count). The number of esters is 2. The van der Waals surface area contributed by atoms with E-state index in [1.54, 1.807) is 93.5 Å². The van der Waals surface area contributed by atoms with E-state index in [1.807, 2.05) is 13.8 Å². The number of rotatable bonds is 13. The van der Waals surface area contributed by atoms with Gasteiger partial charge in [-0.2, -0.15) is 0 Å². The molecule has 3 atom stereocenters. The van der Waals surface area contributed by atoms with Gasteiger partial charge in [-0.1, -0.05) is 77.9 Å². The molecule has 0 spiro atoms. The fourth-order valence-corrected chi connectivity index (χ4v) is 4.41. The van der Waals surface area contributed by atoms with Crippen molar-refractivity contribution in [1.29, 1.82) is 0 Å². The van der Waals surface area contributed by atoms with Gasteiger partial charge < -0.3 is 57.9 Å². The van der Waals surface area contributed by atoms with Crippen molar-refractivity contribution in [3.05, 3.63) is 107 Å². The molecule has 0 aliphatic heterocycles. The summed E-state index contributed by atoms with van der Waals surface area (Å²) in [5, 5.41) is 22.4. The van der Waals surface area contributed by atoms with Crippen molar-refractivity contribution in [2.24, 2.45) is 17.8 Å². The molecule has 7 N–H and O–H groups in total. The maximum atomic E-state index is 12.8. The molecular formula is C47H69Cl3F3N3O11. The Morgan fingerprint density at radius 1 is 0.582 bits per heavy atom. The second kappa shape index (κ2) is 34.5. The molecule has 0 saturated carbocycles. The largest absolute Gasteiger partial charge is 1.00 e. The van der Waals surface area contributed by atoms with Crippen molar-refractivity contribution in [3.8, 4) is 0 Å². The van der Waals surface area contributed by atoms with Crippen molar-refractivity contribution in [3.63, 3.8) is 0 Å². The number of alkyl halides is 2. The van der Waals surface area contributed by atoms with Crippen molar-refractivity contribution in [1.82, 2.24) is 10.6 Å². The summed E-state index contributed by atoms with van der Waals surface area (Å²) in [4.78, 5) is 57.5. The van der Waals surface area contributed by atoms with Crippen LogP contribution in [-0.2, 0) is 53.2 Å². The number of hydrogen-bond donors (Lipinski definition) is 5. The quantitative estimate of drug-likeness (QED) is 0.0771. The maximum absolute atomic E-state index is 12.8. The highest BCUT2D eigenvalue weighted by molar-refractivity contribution is 6.40. The number of carbonyl (C=O) groups is 5. The fourth-order valence-electron chi connectivity index (χ4n) is 4.41. The molecule has 20 heteroatoms. The Morgan fingerprint density at radius 3 is 1.15 bits per heavy atom. The molecule has 0 aliphatic rings. The highest BCUT2D eigenvalue weighted by Gasteiger charge is 2.29. The SMILES string of the molecule is CC(C)[C@H](NC(=O)OC(C)(C)C)C(=O)O.CC(C)[C@H](NC(=O)OC(C)(C)C)C(=O)OCc1ccc(F)cc1.CC(C)[C@H]([NH3+])C(=O)OCc1ccc(F)cc1.ClCCl.OCc1ccc(F)cc1.[Cl-]. The van der Waals surface area contributed by atoms with E-state index >= 15 is 0 Å². The van der Waals surface area contributed by atoms with Crippen LogP contribution in [0.25, 0.3) is 0 Å². The van der Waals surface area contributed by atoms with Gasteiger partial charge in [0.2, 0.25) is 0 Å². The van der Waals surface area contributed by atoms with E-state index in [2.05, 4.69) is 16.4 Å². The molecule has 67 heavy (non-hydrogen) atoms. The smallest absolute Gasteiger partial charge is 0.408 e. The number of carboxylic acids is 1. The van der Waals surface area contributed by atoms with Gasteiger partial charge in [-0.3, -0.25) is 0 Å². The molecule has 0 radical (unpaired) electrons. The number of alkyl carbamates (subject to hydrolysis) is 2. The molecule has 0 fully saturated rings. The van der Waals surface area contributed by atoms with E-state index in [4.69, 9.17) is 52.4 Å². The average molecular weight is 1020 g/mol. The highest BCUT2D eigenvalue weighted by Crippen LogP contribution is 2.13. The lowest BCUT2D eigenvalue weighted by molar-refractivity contribution is -0.418. The molecule has 14 nitrogen and oxygen atoms in total. The number of carbonyl (C=O) groups excluding carboxylic acids is 4. The Kier molecular flexibility index (Phi) is 34.2. The van der Waals surface area contributed by atoms with Gasteiger partial charge in [0, 0.05) is 5.92 Å². The lowest BCUT2D eigenvalue weighted by Gasteiger charge is -2.24. The molecule has 0 aromatic heterocycles. The fraction of sp³-hybridized carbons (Fsp3) is 0.511. The van der Waals surface area contributed by atoms with Crippen LogP contribution >= 0.6 is 23.2 Å². The maximum Gasteiger partial charge on any atom is 0.408 e. The van der Waals surface area contributed by atoms with Crippen LogP contribution in [0.3, 0.4) is 0 Å². The zero-order chi connectivity index (χ0) is 51.4. The van der Waals surface area contributed by atoms with Crippen LogP contribution in [0.1, 0.15) is 99.8 Å². The summed E-state index contributed by atoms with van der Waals surface area (Å²) in [5.74, 6) is -3.06. The van der Waals surface area contributed by atoms with Gasteiger partial charge in [0.25, 0.3) is 0 Å². The van der Waals surface area contributed by atoms with Crippen molar-refractivity contribution < 1.29 is 84.4 Å². The van der Waals surface area contributed by atoms with Gasteiger partial charge in [-0.05, 0) is 106 Å². The number of amides is 2. The van der Waals surface area contributed by atoms with E-state index < -0.39 is 47.4 Å². The summed E-state index contributed by atoms with van der Waals surface area (Å²) >= 11 is 9.53. The van der Waals surface area contributed by atoms with Crippen LogP contribution < -0.4 is 28.8 Å². The van der Waals surface area contributed by atoms with Crippen molar-refractivity contribution in [2.75, 3.05) is 5.34 Å². The molecule has 0 heterocycles. The molecule has 3 aromatic carbocycles. The average Bonchev–Trinajstić information content (AvgIpc) is 3.20. The van der Waals surface area contributed by atoms with E-state index in [9.17, 15) is 37.1 Å². The minimum Gasteiger partial charge on any atom is -1.00 e. The van der Waals surface area contributed by atoms with Crippen LogP contribution in [0.15, 0.2) is 72.8 Å². The summed E-state index contributed by atoms with van der Waals surface area (Å²) in [7, 11) is 0. The summed E-state index contributed by atoms with van der Waals surface area (Å²) in [6.45, 7) is 21.4. The second-order valence-electron chi connectivity index (χ2n) is 17.3. The van der Waals surface area contributed by atoms with Gasteiger partial charge in [-0.25, -0.2) is 37.1 Å². The molecule has 0 bridgehead atoms. The van der Waals surface area contributed by atoms with E-state index in [0.717, 1.165) is 11.1 Å². The molecule has 3 aromatic rings. The van der Waals surface area contributed by atoms with Crippen LogP contribution in [0.5, 0.6) is 0 Å². The number of carboxylic acid groups (broad SMARTS) is 1. The Labute approximate surface area is 409 Å². The number of hydrogen-bond acceptors (Lipinski definition) is 10. The predicted molar refractivity (Wildman–Crippen MR) is 246 cm³/mol. The summed E-state index contributed by atoms with van der Waals surface area (Å²) < 4.78 is 57.9. The first-order valence-corrected chi connectivity index (χ1v) is 21.9. The normalized spacial score (nSPS) is 11.9. The third kappa shape index (κ3) is 34.2. The summed E-state index contributed by atoms with van der Waals surface area (Å²) in [5.41, 5.74) is 4.63. The molecule has 2 amide bonds. The van der Waals surface area contributed by atoms with Crippen LogP contribution in [0.4, 0.5) is 22.8 Å². The zero-order valence-electron chi connectivity index (χ0n) is 40.3. The minimum atomic E-state index is -1.06. The minimum absolute atomic E-state index is 0. The Hall–Kier alpha value is -4.81. The third-order valence-corrected chi connectivity index (χ3v) is 7.99.